The summed E-state index contributed by atoms with van der Waals surface area (Å²) in [5.41, 5.74) is 1.92. The molecule has 0 spiro atoms. The van der Waals surface area contributed by atoms with Gasteiger partial charge in [-0.05, 0) is 53.9 Å². The summed E-state index contributed by atoms with van der Waals surface area (Å²) in [5, 5.41) is 0. The molecule has 0 aliphatic carbocycles. The van der Waals surface area contributed by atoms with E-state index >= 15 is 0 Å². The quantitative estimate of drug-likeness (QED) is 0.391. The molecule has 4 rings (SSSR count). The highest BCUT2D eigenvalue weighted by atomic mass is 79.9. The maximum absolute atomic E-state index is 13.4. The molecule has 0 N–H and O–H groups in total. The molecule has 0 amide bonds. The van der Waals surface area contributed by atoms with E-state index in [1.54, 1.807) is 37.1 Å². The Morgan fingerprint density at radius 1 is 0.906 bits per heavy atom. The van der Waals surface area contributed by atoms with E-state index in [9.17, 15) is 9.59 Å². The van der Waals surface area contributed by atoms with Gasteiger partial charge in [0.15, 0.2) is 17.0 Å². The normalized spacial score (nSPS) is 11.0. The first-order valence-electron chi connectivity index (χ1n) is 10.1. The summed E-state index contributed by atoms with van der Waals surface area (Å²) in [7, 11) is 3.15. The maximum atomic E-state index is 13.4. The zero-order chi connectivity index (χ0) is 22.7. The Kier molecular flexibility index (Phi) is 6.41. The molecule has 164 valence electrons. The Morgan fingerprint density at radius 3 is 2.34 bits per heavy atom. The van der Waals surface area contributed by atoms with Gasteiger partial charge in [-0.1, -0.05) is 34.1 Å². The van der Waals surface area contributed by atoms with Crippen molar-refractivity contribution in [2.24, 2.45) is 0 Å². The van der Waals surface area contributed by atoms with Crippen LogP contribution in [-0.4, -0.2) is 28.3 Å². The summed E-state index contributed by atoms with van der Waals surface area (Å²) in [4.78, 5) is 30.7. The molecule has 0 saturated carbocycles. The molecule has 0 unspecified atom stereocenters. The molecule has 2 aromatic carbocycles. The first-order chi connectivity index (χ1) is 15.5. The first-order valence-corrected chi connectivity index (χ1v) is 10.8. The Hall–Kier alpha value is -3.39. The van der Waals surface area contributed by atoms with Crippen LogP contribution in [0, 0.1) is 0 Å². The Morgan fingerprint density at radius 2 is 1.62 bits per heavy atom. The van der Waals surface area contributed by atoms with Gasteiger partial charge in [-0.3, -0.25) is 13.9 Å². The van der Waals surface area contributed by atoms with Crippen molar-refractivity contribution >= 4 is 27.0 Å². The van der Waals surface area contributed by atoms with E-state index in [2.05, 4.69) is 20.9 Å². The minimum atomic E-state index is -0.391. The average molecular weight is 496 g/mol. The largest absolute Gasteiger partial charge is 0.493 e. The second-order valence-electron chi connectivity index (χ2n) is 7.26. The monoisotopic (exact) mass is 495 g/mol. The van der Waals surface area contributed by atoms with Crippen LogP contribution in [0.4, 0.5) is 0 Å². The third-order valence-corrected chi connectivity index (χ3v) is 5.84. The van der Waals surface area contributed by atoms with Crippen LogP contribution in [-0.2, 0) is 19.5 Å². The van der Waals surface area contributed by atoms with E-state index in [0.717, 1.165) is 15.6 Å². The van der Waals surface area contributed by atoms with E-state index in [4.69, 9.17) is 9.47 Å². The fourth-order valence-corrected chi connectivity index (χ4v) is 3.91. The summed E-state index contributed by atoms with van der Waals surface area (Å²) in [6.45, 7) is 0.560. The van der Waals surface area contributed by atoms with E-state index in [1.165, 1.54) is 4.57 Å². The lowest BCUT2D eigenvalue weighted by molar-refractivity contribution is 0.354. The van der Waals surface area contributed by atoms with Crippen LogP contribution in [0.5, 0.6) is 11.5 Å². The van der Waals surface area contributed by atoms with Crippen LogP contribution in [0.2, 0.25) is 0 Å². The Bertz CT molecular complexity index is 1380. The number of rotatable bonds is 7. The van der Waals surface area contributed by atoms with Crippen LogP contribution < -0.4 is 20.7 Å². The third kappa shape index (κ3) is 4.31. The van der Waals surface area contributed by atoms with Gasteiger partial charge in [0.25, 0.3) is 5.56 Å². The van der Waals surface area contributed by atoms with Crippen LogP contribution in [0.25, 0.3) is 11.0 Å². The number of hydrogen-bond donors (Lipinski definition) is 0. The lowest BCUT2D eigenvalue weighted by atomic mass is 10.1. The second kappa shape index (κ2) is 9.40. The van der Waals surface area contributed by atoms with Gasteiger partial charge in [-0.15, -0.1) is 0 Å². The van der Waals surface area contributed by atoms with Gasteiger partial charge in [0.05, 0.1) is 26.3 Å². The first kappa shape index (κ1) is 21.8. The number of benzene rings is 2. The van der Waals surface area contributed by atoms with Crippen molar-refractivity contribution in [3.05, 3.63) is 97.2 Å². The summed E-state index contributed by atoms with van der Waals surface area (Å²) in [6, 6.07) is 16.8. The predicted octanol–water partition coefficient (Wildman–Crippen LogP) is 3.63. The molecule has 2 heterocycles. The SMILES string of the molecule is COc1ccc(CCn2c(=O)c3ncccc3n(Cc3ccc(Br)cc3)c2=O)cc1OC. The zero-order valence-electron chi connectivity index (χ0n) is 17.7. The molecule has 0 aliphatic rings. The molecular formula is C24H22BrN3O4. The molecule has 4 aromatic rings. The van der Waals surface area contributed by atoms with E-state index in [1.807, 2.05) is 42.5 Å². The van der Waals surface area contributed by atoms with Crippen molar-refractivity contribution in [3.8, 4) is 11.5 Å². The van der Waals surface area contributed by atoms with E-state index < -0.39 is 5.56 Å². The van der Waals surface area contributed by atoms with Crippen molar-refractivity contribution in [1.82, 2.24) is 14.1 Å². The standard InChI is InChI=1S/C24H22BrN3O4/c1-31-20-10-7-16(14-21(20)32-2)11-13-27-23(29)22-19(4-3-12-26-22)28(24(27)30)15-17-5-8-18(25)9-6-17/h3-10,12,14H,11,13,15H2,1-2H3. The lowest BCUT2D eigenvalue weighted by Crippen LogP contribution is -2.41. The number of aryl methyl sites for hydroxylation is 1. The molecule has 0 fully saturated rings. The number of hydrogen-bond acceptors (Lipinski definition) is 5. The third-order valence-electron chi connectivity index (χ3n) is 5.31. The Balaban J connectivity index is 1.74. The number of halogens is 1. The summed E-state index contributed by atoms with van der Waals surface area (Å²) in [5.74, 6) is 1.23. The molecule has 32 heavy (non-hydrogen) atoms. The van der Waals surface area contributed by atoms with Crippen LogP contribution in [0.3, 0.4) is 0 Å². The average Bonchev–Trinajstić information content (AvgIpc) is 2.82. The van der Waals surface area contributed by atoms with Gasteiger partial charge in [0, 0.05) is 17.2 Å². The molecular weight excluding hydrogens is 474 g/mol. The van der Waals surface area contributed by atoms with Gasteiger partial charge < -0.3 is 9.47 Å². The van der Waals surface area contributed by atoms with Crippen molar-refractivity contribution in [1.29, 1.82) is 0 Å². The topological polar surface area (TPSA) is 75.4 Å². The molecule has 0 aliphatic heterocycles. The van der Waals surface area contributed by atoms with Crippen LogP contribution >= 0.6 is 15.9 Å². The molecule has 0 bridgehead atoms. The fraction of sp³-hybridized carbons (Fsp3) is 0.208. The number of nitrogens with zero attached hydrogens (tertiary/aromatic N) is 3. The van der Waals surface area contributed by atoms with Gasteiger partial charge in [0.1, 0.15) is 0 Å². The second-order valence-corrected chi connectivity index (χ2v) is 8.18. The predicted molar refractivity (Wildman–Crippen MR) is 127 cm³/mol. The number of pyridine rings is 1. The highest BCUT2D eigenvalue weighted by Crippen LogP contribution is 2.27. The minimum Gasteiger partial charge on any atom is -0.493 e. The van der Waals surface area contributed by atoms with Gasteiger partial charge in [0.2, 0.25) is 0 Å². The van der Waals surface area contributed by atoms with Crippen molar-refractivity contribution in [3.63, 3.8) is 0 Å². The maximum Gasteiger partial charge on any atom is 0.331 e. The van der Waals surface area contributed by atoms with Crippen molar-refractivity contribution < 1.29 is 9.47 Å². The number of ether oxygens (including phenoxy) is 2. The summed E-state index contributed by atoms with van der Waals surface area (Å²) < 4.78 is 14.4. The van der Waals surface area contributed by atoms with Gasteiger partial charge in [-0.25, -0.2) is 9.78 Å². The molecule has 2 aromatic heterocycles. The summed E-state index contributed by atoms with van der Waals surface area (Å²) >= 11 is 3.43. The lowest BCUT2D eigenvalue weighted by Gasteiger charge is -2.14. The van der Waals surface area contributed by atoms with Gasteiger partial charge in [-0.2, -0.15) is 0 Å². The Labute approximate surface area is 193 Å². The van der Waals surface area contributed by atoms with Crippen LogP contribution in [0.1, 0.15) is 11.1 Å². The fourth-order valence-electron chi connectivity index (χ4n) is 3.64. The smallest absolute Gasteiger partial charge is 0.331 e. The van der Waals surface area contributed by atoms with E-state index in [0.29, 0.717) is 30.0 Å². The van der Waals surface area contributed by atoms with Crippen molar-refractivity contribution in [2.45, 2.75) is 19.5 Å². The van der Waals surface area contributed by atoms with Gasteiger partial charge >= 0.3 is 5.69 Å². The summed E-state index contributed by atoms with van der Waals surface area (Å²) in [6.07, 6.45) is 2.04. The zero-order valence-corrected chi connectivity index (χ0v) is 19.3. The molecule has 0 saturated heterocycles. The minimum absolute atomic E-state index is 0.222. The number of methoxy groups -OCH3 is 2. The number of aromatic nitrogens is 3. The molecule has 0 atom stereocenters. The molecule has 7 nitrogen and oxygen atoms in total. The van der Waals surface area contributed by atoms with Crippen molar-refractivity contribution in [2.75, 3.05) is 14.2 Å². The number of fused-ring (bicyclic) bond motifs is 1. The van der Waals surface area contributed by atoms with Crippen LogP contribution in [0.15, 0.2) is 74.9 Å². The highest BCUT2D eigenvalue weighted by molar-refractivity contribution is 9.10. The molecule has 8 heteroatoms. The van der Waals surface area contributed by atoms with E-state index in [-0.39, 0.29) is 17.8 Å². The molecule has 0 radical (unpaired) electrons. The highest BCUT2D eigenvalue weighted by Gasteiger charge is 2.15.